The van der Waals surface area contributed by atoms with E-state index in [9.17, 15) is 44.1 Å². The number of pyridine rings is 5. The van der Waals surface area contributed by atoms with Crippen LogP contribution in [-0.2, 0) is 24.4 Å². The number of para-hydroxylation sites is 1. The molecule has 7 heterocycles. The van der Waals surface area contributed by atoms with Crippen LogP contribution in [0.15, 0.2) is 116 Å². The molecule has 0 radical (unpaired) electrons. The van der Waals surface area contributed by atoms with Crippen LogP contribution in [0.2, 0.25) is 0 Å². The van der Waals surface area contributed by atoms with Crippen molar-refractivity contribution in [2.24, 2.45) is 17.8 Å². The number of hydrogen-bond acceptors (Lipinski definition) is 16. The van der Waals surface area contributed by atoms with E-state index in [1.807, 2.05) is 46.4 Å². The fraction of sp³-hybridized carbons (Fsp3) is 0.283. The number of hydrogen-bond donors (Lipinski definition) is 6. The molecule has 9 aromatic rings. The predicted octanol–water partition coefficient (Wildman–Crippen LogP) is 8.43. The molecule has 3 aromatic carbocycles. The summed E-state index contributed by atoms with van der Waals surface area (Å²) in [6, 6.07) is 22.6. The van der Waals surface area contributed by atoms with E-state index in [1.54, 1.807) is 72.8 Å². The molecule has 1 aliphatic heterocycles. The number of methoxy groups -OCH3 is 1. The highest BCUT2D eigenvalue weighted by atomic mass is 16.5. The van der Waals surface area contributed by atoms with E-state index >= 15 is 0 Å². The third-order valence-corrected chi connectivity index (χ3v) is 13.9. The van der Waals surface area contributed by atoms with Crippen molar-refractivity contribution in [2.75, 3.05) is 54.3 Å². The van der Waals surface area contributed by atoms with Gasteiger partial charge in [-0.05, 0) is 72.4 Å². The number of carbonyl (C=O) groups is 3. The van der Waals surface area contributed by atoms with Crippen molar-refractivity contribution in [2.45, 2.75) is 61.2 Å². The Hall–Kier alpha value is -9.83. The van der Waals surface area contributed by atoms with Gasteiger partial charge in [0.25, 0.3) is 34.4 Å². The molecule has 6 N–H and O–H groups in total. The van der Waals surface area contributed by atoms with Gasteiger partial charge in [-0.25, -0.2) is 15.0 Å². The minimum Gasteiger partial charge on any atom is -0.506 e. The van der Waals surface area contributed by atoms with E-state index < -0.39 is 68.3 Å². The van der Waals surface area contributed by atoms with Crippen molar-refractivity contribution < 1.29 is 43.6 Å². The number of aromatic nitrogens is 6. The van der Waals surface area contributed by atoms with Crippen LogP contribution in [0.4, 0.5) is 23.3 Å². The smallest absolute Gasteiger partial charge is 0.302 e. The van der Waals surface area contributed by atoms with Gasteiger partial charge >= 0.3 is 6.01 Å². The van der Waals surface area contributed by atoms with E-state index in [4.69, 9.17) is 18.9 Å². The highest BCUT2D eigenvalue weighted by Gasteiger charge is 2.29. The lowest BCUT2D eigenvalue weighted by molar-refractivity contribution is 0.101. The summed E-state index contributed by atoms with van der Waals surface area (Å²) in [5.41, 5.74) is -0.934. The molecule has 82 heavy (non-hydrogen) atoms. The summed E-state index contributed by atoms with van der Waals surface area (Å²) >= 11 is 0. The third kappa shape index (κ3) is 10.8. The van der Waals surface area contributed by atoms with Gasteiger partial charge in [0.2, 0.25) is 0 Å². The van der Waals surface area contributed by atoms with Crippen LogP contribution in [0, 0.1) is 17.8 Å². The summed E-state index contributed by atoms with van der Waals surface area (Å²) in [5.74, 6) is -4.00. The number of fused-ring (bicyclic) bond motifs is 3. The molecule has 1 fully saturated rings. The van der Waals surface area contributed by atoms with Crippen LogP contribution >= 0.6 is 0 Å². The summed E-state index contributed by atoms with van der Waals surface area (Å²) in [4.78, 5) is 99.9. The molecule has 0 saturated carbocycles. The van der Waals surface area contributed by atoms with E-state index in [-0.39, 0.29) is 65.0 Å². The number of aromatic hydroxyl groups is 3. The number of nitrogens with one attached hydrogen (secondary N) is 3. The summed E-state index contributed by atoms with van der Waals surface area (Å²) in [7, 11) is 1.45. The molecule has 0 atom stereocenters. The van der Waals surface area contributed by atoms with Crippen LogP contribution < -0.4 is 42.3 Å². The van der Waals surface area contributed by atoms with Gasteiger partial charge in [0.15, 0.2) is 5.76 Å². The van der Waals surface area contributed by atoms with Crippen LogP contribution in [0.1, 0.15) is 72.6 Å². The van der Waals surface area contributed by atoms with Gasteiger partial charge in [-0.3, -0.25) is 34.1 Å². The highest BCUT2D eigenvalue weighted by Crippen LogP contribution is 2.37. The zero-order valence-electron chi connectivity index (χ0n) is 46.1. The monoisotopic (exact) mass is 1110 g/mol. The Balaban J connectivity index is 0.996. The first-order valence-corrected chi connectivity index (χ1v) is 26.7. The maximum atomic E-state index is 14.4. The lowest BCUT2D eigenvalue weighted by Crippen LogP contribution is -2.36. The molecule has 422 valence electrons. The van der Waals surface area contributed by atoms with Crippen LogP contribution in [0.25, 0.3) is 55.3 Å². The molecular weight excluding hydrogens is 1050 g/mol. The quantitative estimate of drug-likeness (QED) is 0.0529. The number of anilines is 4. The maximum absolute atomic E-state index is 14.4. The van der Waals surface area contributed by atoms with E-state index in [0.29, 0.717) is 83.0 Å². The zero-order valence-corrected chi connectivity index (χ0v) is 46.1. The molecule has 6 aromatic heterocycles. The Bertz CT molecular complexity index is 4210. The SMILES string of the molecule is COc1ccnc(NC(=O)c2c(O)c3cc(-c4cnc(NC(=O)c5c(O)c6cc(-c7cc(N8CCOCC8)cc(NC(=O)c8c(O)c9ccccc9n(CC(C)C)c8=O)n7)ccc6n(CC(C)C)c5=O)o4)ccc3n(CC(C)C)c2=O)c1. The molecule has 1 saturated heterocycles. The molecule has 1 aliphatic rings. The van der Waals surface area contributed by atoms with Crippen LogP contribution in [-0.4, -0.2) is 95.1 Å². The summed E-state index contributed by atoms with van der Waals surface area (Å²) in [6.07, 6.45) is 2.71. The number of benzene rings is 3. The van der Waals surface area contributed by atoms with Gasteiger partial charge in [-0.15, -0.1) is 0 Å². The van der Waals surface area contributed by atoms with Crippen LogP contribution in [0.5, 0.6) is 23.0 Å². The Morgan fingerprint density at radius 2 is 1.11 bits per heavy atom. The van der Waals surface area contributed by atoms with Crippen LogP contribution in [0.3, 0.4) is 0 Å². The van der Waals surface area contributed by atoms with E-state index in [0.717, 1.165) is 0 Å². The number of carbonyl (C=O) groups excluding carboxylic acids is 3. The Kier molecular flexibility index (Phi) is 15.4. The predicted molar refractivity (Wildman–Crippen MR) is 311 cm³/mol. The first-order valence-electron chi connectivity index (χ1n) is 26.7. The normalized spacial score (nSPS) is 12.7. The van der Waals surface area contributed by atoms with Gasteiger partial charge < -0.3 is 58.4 Å². The summed E-state index contributed by atoms with van der Waals surface area (Å²) < 4.78 is 21.1. The minimum absolute atomic E-state index is 0.0368. The third-order valence-electron chi connectivity index (χ3n) is 13.9. The zero-order chi connectivity index (χ0) is 58.3. The second-order valence-corrected chi connectivity index (χ2v) is 21.2. The molecule has 3 amide bonds. The Morgan fingerprint density at radius 1 is 0.598 bits per heavy atom. The van der Waals surface area contributed by atoms with E-state index in [1.165, 1.54) is 45.3 Å². The van der Waals surface area contributed by atoms with Gasteiger partial charge in [0, 0.05) is 84.0 Å². The van der Waals surface area contributed by atoms with Gasteiger partial charge in [0.1, 0.15) is 51.3 Å². The number of rotatable bonds is 16. The van der Waals surface area contributed by atoms with Gasteiger partial charge in [0.05, 0.1) is 48.8 Å². The molecule has 0 unspecified atom stereocenters. The Morgan fingerprint density at radius 3 is 1.68 bits per heavy atom. The van der Waals surface area contributed by atoms with Gasteiger partial charge in [-0.2, -0.15) is 0 Å². The standard InChI is InChI=1S/C60H60N10O12/c1-31(2)28-68-42-11-9-8-10-38(42)51(71)48(57(68)77)55(75)65-47-25-36(67-18-20-81-21-19-67)24-41(63-47)34-12-14-43-39(22-34)52(72)50(59(79)69(43)29-32(3)4)56(76)66-60-62-27-45(82-60)35-13-15-44-40(23-35)53(73)49(58(78)70(44)30-33(5)6)54(74)64-46-26-37(80-7)16-17-61-46/h8-17,22-27,31-33,71-73H,18-21,28-30H2,1-7H3,(H,61,64,74)(H,62,66,76)(H,63,65,75). The topological polar surface area (TPSA) is 287 Å². The summed E-state index contributed by atoms with van der Waals surface area (Å²) in [6.45, 7) is 14.0. The molecular formula is C60H60N10O12. The number of oxazole rings is 1. The fourth-order valence-corrected chi connectivity index (χ4v) is 10.2. The number of nitrogens with zero attached hydrogens (tertiary/aromatic N) is 7. The number of ether oxygens (including phenoxy) is 2. The minimum atomic E-state index is -1.04. The van der Waals surface area contributed by atoms with Crippen molar-refractivity contribution >= 4 is 73.8 Å². The van der Waals surface area contributed by atoms with Crippen molar-refractivity contribution in [3.63, 3.8) is 0 Å². The second-order valence-electron chi connectivity index (χ2n) is 21.2. The molecule has 0 aliphatic carbocycles. The average molecular weight is 1110 g/mol. The van der Waals surface area contributed by atoms with Crippen molar-refractivity contribution in [3.05, 3.63) is 145 Å². The summed E-state index contributed by atoms with van der Waals surface area (Å²) in [5, 5.41) is 43.6. The Labute approximate surface area is 468 Å². The average Bonchev–Trinajstić information content (AvgIpc) is 3.57. The maximum Gasteiger partial charge on any atom is 0.302 e. The first-order chi connectivity index (χ1) is 39.3. The lowest BCUT2D eigenvalue weighted by atomic mass is 10.0. The lowest BCUT2D eigenvalue weighted by Gasteiger charge is -2.29. The van der Waals surface area contributed by atoms with Crippen molar-refractivity contribution in [1.82, 2.24) is 28.7 Å². The first kappa shape index (κ1) is 55.5. The molecule has 0 spiro atoms. The molecule has 22 heteroatoms. The van der Waals surface area contributed by atoms with Gasteiger partial charge in [-0.1, -0.05) is 59.7 Å². The molecule has 0 bridgehead atoms. The number of morpholine rings is 1. The molecule has 22 nitrogen and oxygen atoms in total. The fourth-order valence-electron chi connectivity index (χ4n) is 10.2. The van der Waals surface area contributed by atoms with E-state index in [2.05, 4.69) is 25.9 Å². The number of amides is 3. The van der Waals surface area contributed by atoms with Crippen molar-refractivity contribution in [1.29, 1.82) is 0 Å². The van der Waals surface area contributed by atoms with Crippen molar-refractivity contribution in [3.8, 4) is 45.6 Å². The largest absolute Gasteiger partial charge is 0.506 e. The second kappa shape index (κ2) is 22.7. The molecule has 10 rings (SSSR count). The highest BCUT2D eigenvalue weighted by molar-refractivity contribution is 6.11.